The van der Waals surface area contributed by atoms with Gasteiger partial charge in [0.2, 0.25) is 5.91 Å². The van der Waals surface area contributed by atoms with E-state index in [0.29, 0.717) is 12.8 Å². The van der Waals surface area contributed by atoms with Crippen LogP contribution in [0.15, 0.2) is 0 Å². The van der Waals surface area contributed by atoms with Crippen LogP contribution >= 0.6 is 0 Å². The number of rotatable bonds is 4. The molecule has 4 heteroatoms. The summed E-state index contributed by atoms with van der Waals surface area (Å²) in [6.07, 6.45) is 2.87. The van der Waals surface area contributed by atoms with Crippen LogP contribution in [0.2, 0.25) is 0 Å². The highest BCUT2D eigenvalue weighted by Gasteiger charge is 2.27. The van der Waals surface area contributed by atoms with Crippen molar-refractivity contribution in [3.05, 3.63) is 0 Å². The van der Waals surface area contributed by atoms with Crippen molar-refractivity contribution in [3.63, 3.8) is 0 Å². The van der Waals surface area contributed by atoms with Crippen LogP contribution < -0.4 is 5.32 Å². The smallest absolute Gasteiger partial charge is 0.306 e. The molecule has 0 aromatic heterocycles. The van der Waals surface area contributed by atoms with E-state index < -0.39 is 5.97 Å². The second-order valence-electron chi connectivity index (χ2n) is 3.81. The average molecular weight is 199 g/mol. The number of piperidine rings is 1. The maximum atomic E-state index is 11.4. The first-order chi connectivity index (χ1) is 6.65. The first-order valence-corrected chi connectivity index (χ1v) is 5.15. The van der Waals surface area contributed by atoms with Gasteiger partial charge in [0.05, 0.1) is 5.92 Å². The summed E-state index contributed by atoms with van der Waals surface area (Å²) < 4.78 is 0. The molecule has 0 bridgehead atoms. The summed E-state index contributed by atoms with van der Waals surface area (Å²) in [5.41, 5.74) is 0. The van der Waals surface area contributed by atoms with Gasteiger partial charge in [0.15, 0.2) is 0 Å². The Hall–Kier alpha value is -1.06. The quantitative estimate of drug-likeness (QED) is 0.710. The molecule has 1 aliphatic rings. The van der Waals surface area contributed by atoms with E-state index in [2.05, 4.69) is 5.32 Å². The molecule has 0 aromatic rings. The van der Waals surface area contributed by atoms with Gasteiger partial charge in [0, 0.05) is 12.5 Å². The highest BCUT2D eigenvalue weighted by Crippen LogP contribution is 2.22. The molecular weight excluding hydrogens is 182 g/mol. The van der Waals surface area contributed by atoms with Crippen molar-refractivity contribution in [1.82, 2.24) is 5.32 Å². The largest absolute Gasteiger partial charge is 0.481 e. The van der Waals surface area contributed by atoms with Gasteiger partial charge in [-0.05, 0) is 25.7 Å². The van der Waals surface area contributed by atoms with E-state index >= 15 is 0 Å². The summed E-state index contributed by atoms with van der Waals surface area (Å²) in [6.45, 7) is 2.58. The zero-order valence-electron chi connectivity index (χ0n) is 8.45. The fraction of sp³-hybridized carbons (Fsp3) is 0.800. The molecule has 0 radical (unpaired) electrons. The fourth-order valence-corrected chi connectivity index (χ4v) is 1.85. The average Bonchev–Trinajstić information content (AvgIpc) is 2.16. The number of nitrogens with one attached hydrogen (secondary N) is 1. The third kappa shape index (κ3) is 2.72. The van der Waals surface area contributed by atoms with Gasteiger partial charge in [-0.2, -0.15) is 0 Å². The van der Waals surface area contributed by atoms with Gasteiger partial charge in [-0.15, -0.1) is 0 Å². The van der Waals surface area contributed by atoms with Crippen LogP contribution in [0.1, 0.15) is 32.6 Å². The van der Waals surface area contributed by atoms with Crippen LogP contribution in [0.5, 0.6) is 0 Å². The van der Waals surface area contributed by atoms with Crippen molar-refractivity contribution in [2.24, 2.45) is 11.8 Å². The molecule has 0 spiro atoms. The highest BCUT2D eigenvalue weighted by atomic mass is 16.4. The Morgan fingerprint density at radius 1 is 1.71 bits per heavy atom. The molecule has 2 atom stereocenters. The zero-order valence-corrected chi connectivity index (χ0v) is 8.45. The van der Waals surface area contributed by atoms with Gasteiger partial charge in [0.25, 0.3) is 0 Å². The first-order valence-electron chi connectivity index (χ1n) is 5.15. The number of carboxylic acids is 1. The molecule has 0 aromatic carbocycles. The maximum Gasteiger partial charge on any atom is 0.306 e. The van der Waals surface area contributed by atoms with Crippen molar-refractivity contribution in [2.45, 2.75) is 32.6 Å². The minimum Gasteiger partial charge on any atom is -0.481 e. The summed E-state index contributed by atoms with van der Waals surface area (Å²) in [5, 5.41) is 11.6. The Labute approximate surface area is 83.7 Å². The summed E-state index contributed by atoms with van der Waals surface area (Å²) in [6, 6.07) is 0. The number of hydrogen-bond acceptors (Lipinski definition) is 2. The van der Waals surface area contributed by atoms with Gasteiger partial charge >= 0.3 is 5.97 Å². The molecule has 1 rings (SSSR count). The summed E-state index contributed by atoms with van der Waals surface area (Å²) >= 11 is 0. The molecule has 1 amide bonds. The SMILES string of the molecule is CCC(CC1CCCNC1=O)C(=O)O. The number of aliphatic carboxylic acids is 1. The summed E-state index contributed by atoms with van der Waals surface area (Å²) in [4.78, 5) is 22.1. The molecule has 0 aliphatic carbocycles. The lowest BCUT2D eigenvalue weighted by Gasteiger charge is -2.23. The lowest BCUT2D eigenvalue weighted by Crippen LogP contribution is -2.38. The lowest BCUT2D eigenvalue weighted by molar-refractivity contribution is -0.143. The fourth-order valence-electron chi connectivity index (χ4n) is 1.85. The van der Waals surface area contributed by atoms with E-state index in [1.165, 1.54) is 0 Å². The molecule has 2 unspecified atom stereocenters. The molecule has 4 nitrogen and oxygen atoms in total. The van der Waals surface area contributed by atoms with E-state index in [9.17, 15) is 9.59 Å². The number of carboxylic acid groups (broad SMARTS) is 1. The first kappa shape index (κ1) is 11.0. The Bertz CT molecular complexity index is 227. The molecule has 1 saturated heterocycles. The number of amides is 1. The number of carbonyl (C=O) groups is 2. The monoisotopic (exact) mass is 199 g/mol. The van der Waals surface area contributed by atoms with Crippen molar-refractivity contribution < 1.29 is 14.7 Å². The topological polar surface area (TPSA) is 66.4 Å². The molecular formula is C10H17NO3. The van der Waals surface area contributed by atoms with Crippen LogP contribution in [-0.2, 0) is 9.59 Å². The second kappa shape index (κ2) is 4.98. The van der Waals surface area contributed by atoms with Gasteiger partial charge in [-0.25, -0.2) is 0 Å². The minimum atomic E-state index is -0.786. The molecule has 1 fully saturated rings. The van der Waals surface area contributed by atoms with Crippen molar-refractivity contribution in [3.8, 4) is 0 Å². The molecule has 1 aliphatic heterocycles. The van der Waals surface area contributed by atoms with E-state index in [1.807, 2.05) is 6.92 Å². The van der Waals surface area contributed by atoms with Crippen molar-refractivity contribution in [2.75, 3.05) is 6.54 Å². The number of hydrogen-bond donors (Lipinski definition) is 2. The molecule has 80 valence electrons. The van der Waals surface area contributed by atoms with Crippen LogP contribution in [0.4, 0.5) is 0 Å². The van der Waals surface area contributed by atoms with E-state index in [1.54, 1.807) is 0 Å². The predicted molar refractivity (Wildman–Crippen MR) is 51.8 cm³/mol. The van der Waals surface area contributed by atoms with E-state index in [-0.39, 0.29) is 17.7 Å². The highest BCUT2D eigenvalue weighted by molar-refractivity contribution is 5.80. The van der Waals surface area contributed by atoms with Crippen molar-refractivity contribution in [1.29, 1.82) is 0 Å². The van der Waals surface area contributed by atoms with Crippen LogP contribution in [0.25, 0.3) is 0 Å². The van der Waals surface area contributed by atoms with E-state index in [4.69, 9.17) is 5.11 Å². The number of carbonyl (C=O) groups excluding carboxylic acids is 1. The Balaban J connectivity index is 2.48. The Morgan fingerprint density at radius 3 is 2.93 bits per heavy atom. The predicted octanol–water partition coefficient (Wildman–Crippen LogP) is 1.01. The third-order valence-electron chi connectivity index (χ3n) is 2.81. The molecule has 0 saturated carbocycles. The van der Waals surface area contributed by atoms with Crippen LogP contribution in [0.3, 0.4) is 0 Å². The standard InChI is InChI=1S/C10H17NO3/c1-2-7(10(13)14)6-8-4-3-5-11-9(8)12/h7-8H,2-6H2,1H3,(H,11,12)(H,13,14). The zero-order chi connectivity index (χ0) is 10.6. The van der Waals surface area contributed by atoms with E-state index in [0.717, 1.165) is 19.4 Å². The minimum absolute atomic E-state index is 0.0240. The van der Waals surface area contributed by atoms with Crippen LogP contribution in [-0.4, -0.2) is 23.5 Å². The van der Waals surface area contributed by atoms with Gasteiger partial charge < -0.3 is 10.4 Å². The lowest BCUT2D eigenvalue weighted by atomic mass is 9.87. The normalized spacial score (nSPS) is 24.1. The second-order valence-corrected chi connectivity index (χ2v) is 3.81. The van der Waals surface area contributed by atoms with Gasteiger partial charge in [-0.3, -0.25) is 9.59 Å². The third-order valence-corrected chi connectivity index (χ3v) is 2.81. The Morgan fingerprint density at radius 2 is 2.43 bits per heavy atom. The summed E-state index contributed by atoms with van der Waals surface area (Å²) in [5.74, 6) is -1.23. The maximum absolute atomic E-state index is 11.4. The molecule has 14 heavy (non-hydrogen) atoms. The summed E-state index contributed by atoms with van der Waals surface area (Å²) in [7, 11) is 0. The van der Waals surface area contributed by atoms with Crippen molar-refractivity contribution >= 4 is 11.9 Å². The Kier molecular flexibility index (Phi) is 3.92. The molecule has 1 heterocycles. The van der Waals surface area contributed by atoms with Gasteiger partial charge in [0.1, 0.15) is 0 Å². The van der Waals surface area contributed by atoms with Crippen LogP contribution in [0, 0.1) is 11.8 Å². The molecule has 2 N–H and O–H groups in total. The van der Waals surface area contributed by atoms with Gasteiger partial charge in [-0.1, -0.05) is 6.92 Å².